The van der Waals surface area contributed by atoms with Gasteiger partial charge in [0.05, 0.1) is 9.89 Å². The van der Waals surface area contributed by atoms with Crippen molar-refractivity contribution < 1.29 is 4.74 Å². The molecule has 0 radical (unpaired) electrons. The molecule has 1 aliphatic heterocycles. The van der Waals surface area contributed by atoms with E-state index in [2.05, 4.69) is 37.9 Å². The zero-order valence-corrected chi connectivity index (χ0v) is 12.9. The molecule has 0 aromatic carbocycles. The molecular weight excluding hydrogens is 354 g/mol. The van der Waals surface area contributed by atoms with Gasteiger partial charge in [-0.3, -0.25) is 0 Å². The Labute approximate surface area is 117 Å². The topological polar surface area (TPSA) is 35.2 Å². The number of halogens is 2. The Balaban J connectivity index is 1.84. The molecule has 1 aliphatic rings. The largest absolute Gasteiger partial charge is 0.378 e. The van der Waals surface area contributed by atoms with Gasteiger partial charge < -0.3 is 10.5 Å². The van der Waals surface area contributed by atoms with Crippen molar-refractivity contribution in [3.63, 3.8) is 0 Å². The zero-order chi connectivity index (χ0) is 11.5. The van der Waals surface area contributed by atoms with Crippen LogP contribution in [0.25, 0.3) is 0 Å². The molecule has 2 heterocycles. The van der Waals surface area contributed by atoms with E-state index in [1.807, 2.05) is 0 Å². The molecule has 0 bridgehead atoms. The van der Waals surface area contributed by atoms with E-state index in [0.717, 1.165) is 27.7 Å². The van der Waals surface area contributed by atoms with E-state index in [-0.39, 0.29) is 6.04 Å². The highest BCUT2D eigenvalue weighted by atomic mass is 79.9. The van der Waals surface area contributed by atoms with Crippen molar-refractivity contribution in [2.45, 2.75) is 37.8 Å². The van der Waals surface area contributed by atoms with Crippen LogP contribution in [0.15, 0.2) is 14.3 Å². The molecule has 1 saturated heterocycles. The summed E-state index contributed by atoms with van der Waals surface area (Å²) in [7, 11) is 0. The summed E-state index contributed by atoms with van der Waals surface area (Å²) in [6.45, 7) is 0.927. The molecule has 2 atom stereocenters. The summed E-state index contributed by atoms with van der Waals surface area (Å²) in [6.07, 6.45) is 4.93. The molecular formula is C11H15Br2NOS. The molecule has 2 N–H and O–H groups in total. The summed E-state index contributed by atoms with van der Waals surface area (Å²) in [6, 6.07) is 2.24. The molecule has 1 aromatic heterocycles. The lowest BCUT2D eigenvalue weighted by Crippen LogP contribution is -2.13. The average Bonchev–Trinajstić information content (AvgIpc) is 2.86. The number of hydrogen-bond acceptors (Lipinski definition) is 3. The number of nitrogens with two attached hydrogens (primary N) is 1. The van der Waals surface area contributed by atoms with Crippen molar-refractivity contribution >= 4 is 43.2 Å². The number of rotatable bonds is 4. The minimum Gasteiger partial charge on any atom is -0.378 e. The molecule has 2 rings (SSSR count). The van der Waals surface area contributed by atoms with Crippen LogP contribution in [0.5, 0.6) is 0 Å². The van der Waals surface area contributed by atoms with Crippen LogP contribution >= 0.6 is 43.2 Å². The molecule has 90 valence electrons. The van der Waals surface area contributed by atoms with Gasteiger partial charge in [0.15, 0.2) is 0 Å². The maximum Gasteiger partial charge on any atom is 0.0843 e. The lowest BCUT2D eigenvalue weighted by atomic mass is 10.1. The van der Waals surface area contributed by atoms with Crippen molar-refractivity contribution in [1.82, 2.24) is 0 Å². The third-order valence-electron chi connectivity index (χ3n) is 2.85. The van der Waals surface area contributed by atoms with Gasteiger partial charge in [0, 0.05) is 22.0 Å². The molecule has 0 spiro atoms. The van der Waals surface area contributed by atoms with Crippen LogP contribution in [-0.2, 0) is 4.74 Å². The van der Waals surface area contributed by atoms with Crippen molar-refractivity contribution in [3.8, 4) is 0 Å². The molecule has 0 aliphatic carbocycles. The van der Waals surface area contributed by atoms with Crippen LogP contribution in [0, 0.1) is 0 Å². The molecule has 0 saturated carbocycles. The Bertz CT molecular complexity index is 330. The first kappa shape index (κ1) is 13.0. The normalized spacial score (nSPS) is 22.6. The molecule has 1 aromatic rings. The van der Waals surface area contributed by atoms with Gasteiger partial charge >= 0.3 is 0 Å². The van der Waals surface area contributed by atoms with E-state index in [1.165, 1.54) is 17.7 Å². The SMILES string of the molecule is NC(CCC1CCCO1)c1cc(Br)c(Br)s1. The molecule has 2 nitrogen and oxygen atoms in total. The first-order valence-electron chi connectivity index (χ1n) is 5.48. The summed E-state index contributed by atoms with van der Waals surface area (Å²) >= 11 is 8.69. The first-order chi connectivity index (χ1) is 7.66. The van der Waals surface area contributed by atoms with Crippen LogP contribution < -0.4 is 5.73 Å². The fraction of sp³-hybridized carbons (Fsp3) is 0.636. The van der Waals surface area contributed by atoms with Crippen LogP contribution in [0.1, 0.15) is 36.6 Å². The van der Waals surface area contributed by atoms with Crippen molar-refractivity contribution in [2.75, 3.05) is 6.61 Å². The number of thiophene rings is 1. The minimum absolute atomic E-state index is 0.136. The molecule has 5 heteroatoms. The Morgan fingerprint density at radius 3 is 2.94 bits per heavy atom. The Morgan fingerprint density at radius 2 is 2.38 bits per heavy atom. The van der Waals surface area contributed by atoms with Gasteiger partial charge in [-0.25, -0.2) is 0 Å². The van der Waals surface area contributed by atoms with Gasteiger partial charge in [0.25, 0.3) is 0 Å². The summed E-state index contributed by atoms with van der Waals surface area (Å²) in [4.78, 5) is 1.23. The summed E-state index contributed by atoms with van der Waals surface area (Å²) in [5.41, 5.74) is 6.17. The van der Waals surface area contributed by atoms with E-state index in [0.29, 0.717) is 6.10 Å². The van der Waals surface area contributed by atoms with Gasteiger partial charge in [-0.1, -0.05) is 0 Å². The molecule has 2 unspecified atom stereocenters. The van der Waals surface area contributed by atoms with Gasteiger partial charge in [-0.05, 0) is 63.6 Å². The maximum absolute atomic E-state index is 6.17. The van der Waals surface area contributed by atoms with E-state index in [9.17, 15) is 0 Å². The number of hydrogen-bond donors (Lipinski definition) is 1. The van der Waals surface area contributed by atoms with E-state index in [1.54, 1.807) is 11.3 Å². The fourth-order valence-electron chi connectivity index (χ4n) is 1.93. The highest BCUT2D eigenvalue weighted by molar-refractivity contribution is 9.13. The summed E-state index contributed by atoms with van der Waals surface area (Å²) in [5, 5.41) is 0. The van der Waals surface area contributed by atoms with E-state index >= 15 is 0 Å². The maximum atomic E-state index is 6.17. The predicted molar refractivity (Wildman–Crippen MR) is 74.9 cm³/mol. The van der Waals surface area contributed by atoms with Crippen molar-refractivity contribution in [2.24, 2.45) is 5.73 Å². The van der Waals surface area contributed by atoms with Gasteiger partial charge in [0.1, 0.15) is 0 Å². The highest BCUT2D eigenvalue weighted by Gasteiger charge is 2.18. The van der Waals surface area contributed by atoms with Crippen molar-refractivity contribution in [1.29, 1.82) is 0 Å². The lowest BCUT2D eigenvalue weighted by Gasteiger charge is -2.13. The second-order valence-corrected chi connectivity index (χ2v) is 7.35. The van der Waals surface area contributed by atoms with Gasteiger partial charge in [-0.15, -0.1) is 11.3 Å². The lowest BCUT2D eigenvalue weighted by molar-refractivity contribution is 0.101. The predicted octanol–water partition coefficient (Wildman–Crippen LogP) is 4.23. The second kappa shape index (κ2) is 5.96. The zero-order valence-electron chi connectivity index (χ0n) is 8.92. The molecule has 16 heavy (non-hydrogen) atoms. The van der Waals surface area contributed by atoms with Crippen LogP contribution in [-0.4, -0.2) is 12.7 Å². The van der Waals surface area contributed by atoms with E-state index < -0.39 is 0 Å². The second-order valence-electron chi connectivity index (χ2n) is 4.09. The fourth-order valence-corrected chi connectivity index (χ4v) is 4.05. The smallest absolute Gasteiger partial charge is 0.0843 e. The average molecular weight is 369 g/mol. The monoisotopic (exact) mass is 367 g/mol. The third-order valence-corrected chi connectivity index (χ3v) is 6.24. The third kappa shape index (κ3) is 3.29. The number of ether oxygens (including phenoxy) is 1. The van der Waals surface area contributed by atoms with Gasteiger partial charge in [0.2, 0.25) is 0 Å². The standard InChI is InChI=1S/C11H15Br2NOS/c12-8-6-10(16-11(8)13)9(14)4-3-7-2-1-5-15-7/h6-7,9H,1-5,14H2. The van der Waals surface area contributed by atoms with E-state index in [4.69, 9.17) is 10.5 Å². The summed E-state index contributed by atoms with van der Waals surface area (Å²) in [5.74, 6) is 0. The van der Waals surface area contributed by atoms with Crippen LogP contribution in [0.3, 0.4) is 0 Å². The molecule has 1 fully saturated rings. The Kier molecular flexibility index (Phi) is 4.85. The first-order valence-corrected chi connectivity index (χ1v) is 7.89. The molecule has 0 amide bonds. The Hall–Kier alpha value is 0.580. The van der Waals surface area contributed by atoms with Crippen LogP contribution in [0.4, 0.5) is 0 Å². The van der Waals surface area contributed by atoms with Crippen LogP contribution in [0.2, 0.25) is 0 Å². The minimum atomic E-state index is 0.136. The highest BCUT2D eigenvalue weighted by Crippen LogP contribution is 2.36. The van der Waals surface area contributed by atoms with Gasteiger partial charge in [-0.2, -0.15) is 0 Å². The van der Waals surface area contributed by atoms with Crippen molar-refractivity contribution in [3.05, 3.63) is 19.2 Å². The quantitative estimate of drug-likeness (QED) is 0.862. The summed E-state index contributed by atoms with van der Waals surface area (Å²) < 4.78 is 7.82. The Morgan fingerprint density at radius 1 is 1.56 bits per heavy atom.